The maximum atomic E-state index is 12.1. The summed E-state index contributed by atoms with van der Waals surface area (Å²) in [5, 5.41) is 0.684. The highest BCUT2D eigenvalue weighted by atomic mass is 32.1. The van der Waals surface area contributed by atoms with Gasteiger partial charge in [0.25, 0.3) is 5.91 Å². The highest BCUT2D eigenvalue weighted by molar-refractivity contribution is 7.20. The number of hydrazine groups is 1. The van der Waals surface area contributed by atoms with Crippen LogP contribution in [0.3, 0.4) is 0 Å². The number of aryl methyl sites for hydroxylation is 1. The largest absolute Gasteiger partial charge is 0.462 e. The zero-order chi connectivity index (χ0) is 17.8. The van der Waals surface area contributed by atoms with E-state index >= 15 is 0 Å². The van der Waals surface area contributed by atoms with Crippen LogP contribution in [0.5, 0.6) is 0 Å². The van der Waals surface area contributed by atoms with Crippen LogP contribution in [0, 0.1) is 6.92 Å². The molecule has 2 aromatic heterocycles. The molecule has 1 aromatic carbocycles. The molecule has 0 atom stereocenters. The average molecular weight is 356 g/mol. The van der Waals surface area contributed by atoms with Crippen LogP contribution >= 0.6 is 11.3 Å². The van der Waals surface area contributed by atoms with Gasteiger partial charge in [-0.05, 0) is 31.5 Å². The van der Waals surface area contributed by atoms with Gasteiger partial charge in [-0.1, -0.05) is 18.2 Å². The molecular weight excluding hydrogens is 340 g/mol. The van der Waals surface area contributed by atoms with Crippen molar-refractivity contribution in [2.24, 2.45) is 0 Å². The summed E-state index contributed by atoms with van der Waals surface area (Å²) in [5.74, 6) is -0.244. The van der Waals surface area contributed by atoms with Crippen LogP contribution in [0.2, 0.25) is 0 Å². The second-order valence-electron chi connectivity index (χ2n) is 5.12. The minimum Gasteiger partial charge on any atom is -0.462 e. The van der Waals surface area contributed by atoms with E-state index in [2.05, 4.69) is 20.8 Å². The second kappa shape index (κ2) is 7.27. The SMILES string of the molecule is CCOC(=O)c1sc2ncnc(NNC(=O)c3ccccc3)c2c1C. The lowest BCUT2D eigenvalue weighted by atomic mass is 10.2. The first-order valence-corrected chi connectivity index (χ1v) is 8.46. The van der Waals surface area contributed by atoms with Crippen molar-refractivity contribution in [2.45, 2.75) is 13.8 Å². The number of hydrogen-bond donors (Lipinski definition) is 2. The van der Waals surface area contributed by atoms with E-state index in [1.807, 2.05) is 6.07 Å². The number of rotatable bonds is 5. The number of hydrogen-bond acceptors (Lipinski definition) is 7. The number of fused-ring (bicyclic) bond motifs is 1. The molecule has 128 valence electrons. The molecule has 0 aliphatic heterocycles. The standard InChI is InChI=1S/C17H16N4O3S/c1-3-24-17(23)13-10(2)12-14(18-9-19-16(12)25-13)20-21-15(22)11-7-5-4-6-8-11/h4-9H,3H2,1-2H3,(H,21,22)(H,18,19,20). The Bertz CT molecular complexity index is 924. The first-order valence-electron chi connectivity index (χ1n) is 7.64. The molecule has 0 aliphatic carbocycles. The number of nitrogens with zero attached hydrogens (tertiary/aromatic N) is 2. The van der Waals surface area contributed by atoms with Crippen molar-refractivity contribution in [2.75, 3.05) is 12.0 Å². The zero-order valence-electron chi connectivity index (χ0n) is 13.7. The highest BCUT2D eigenvalue weighted by Crippen LogP contribution is 2.33. The number of ether oxygens (including phenoxy) is 1. The van der Waals surface area contributed by atoms with Gasteiger partial charge in [0.15, 0.2) is 5.82 Å². The molecule has 7 nitrogen and oxygen atoms in total. The molecule has 2 heterocycles. The number of thiophene rings is 1. The summed E-state index contributed by atoms with van der Waals surface area (Å²) in [6.07, 6.45) is 1.38. The Kier molecular flexibility index (Phi) is 4.90. The van der Waals surface area contributed by atoms with Crippen molar-refractivity contribution in [1.82, 2.24) is 15.4 Å². The van der Waals surface area contributed by atoms with Gasteiger partial charge in [0.1, 0.15) is 16.0 Å². The molecule has 0 bridgehead atoms. The van der Waals surface area contributed by atoms with Gasteiger partial charge < -0.3 is 4.74 Å². The van der Waals surface area contributed by atoms with Crippen molar-refractivity contribution in [3.8, 4) is 0 Å². The van der Waals surface area contributed by atoms with Crippen molar-refractivity contribution in [3.63, 3.8) is 0 Å². The fourth-order valence-corrected chi connectivity index (χ4v) is 3.38. The molecule has 3 rings (SSSR count). The molecule has 0 fully saturated rings. The second-order valence-corrected chi connectivity index (χ2v) is 6.12. The first-order chi connectivity index (χ1) is 12.1. The number of anilines is 1. The van der Waals surface area contributed by atoms with E-state index < -0.39 is 0 Å². The van der Waals surface area contributed by atoms with Gasteiger partial charge >= 0.3 is 5.97 Å². The van der Waals surface area contributed by atoms with Gasteiger partial charge in [-0.15, -0.1) is 11.3 Å². The first kappa shape index (κ1) is 16.8. The zero-order valence-corrected chi connectivity index (χ0v) is 14.5. The van der Waals surface area contributed by atoms with Crippen LogP contribution in [0.4, 0.5) is 5.82 Å². The summed E-state index contributed by atoms with van der Waals surface area (Å²) in [5.41, 5.74) is 6.66. The van der Waals surface area contributed by atoms with Gasteiger partial charge in [-0.2, -0.15) is 0 Å². The lowest BCUT2D eigenvalue weighted by Gasteiger charge is -2.09. The van der Waals surface area contributed by atoms with Crippen LogP contribution in [-0.2, 0) is 4.74 Å². The molecular formula is C17H16N4O3S. The topological polar surface area (TPSA) is 93.2 Å². The molecule has 0 saturated carbocycles. The van der Waals surface area contributed by atoms with E-state index in [9.17, 15) is 9.59 Å². The normalized spacial score (nSPS) is 10.5. The van der Waals surface area contributed by atoms with Gasteiger partial charge in [-0.25, -0.2) is 14.8 Å². The van der Waals surface area contributed by atoms with Crippen LogP contribution in [0.1, 0.15) is 32.5 Å². The molecule has 25 heavy (non-hydrogen) atoms. The predicted octanol–water partition coefficient (Wildman–Crippen LogP) is 2.93. The molecule has 0 saturated heterocycles. The third-order valence-electron chi connectivity index (χ3n) is 3.52. The smallest absolute Gasteiger partial charge is 0.348 e. The highest BCUT2D eigenvalue weighted by Gasteiger charge is 2.20. The van der Waals surface area contributed by atoms with Crippen molar-refractivity contribution in [1.29, 1.82) is 0 Å². The molecule has 3 aromatic rings. The van der Waals surface area contributed by atoms with E-state index in [1.54, 1.807) is 38.1 Å². The third-order valence-corrected chi connectivity index (χ3v) is 4.70. The van der Waals surface area contributed by atoms with Gasteiger partial charge in [0.2, 0.25) is 0 Å². The van der Waals surface area contributed by atoms with E-state index in [1.165, 1.54) is 17.7 Å². The minimum absolute atomic E-state index is 0.286. The number of benzene rings is 1. The maximum Gasteiger partial charge on any atom is 0.348 e. The predicted molar refractivity (Wildman–Crippen MR) is 95.6 cm³/mol. The Morgan fingerprint density at radius 2 is 1.96 bits per heavy atom. The number of amides is 1. The Morgan fingerprint density at radius 3 is 2.68 bits per heavy atom. The number of carbonyl (C=O) groups is 2. The molecule has 2 N–H and O–H groups in total. The van der Waals surface area contributed by atoms with Crippen LogP contribution < -0.4 is 10.9 Å². The Morgan fingerprint density at radius 1 is 1.20 bits per heavy atom. The van der Waals surface area contributed by atoms with Crippen LogP contribution in [0.15, 0.2) is 36.7 Å². The Hall–Kier alpha value is -3.00. The quantitative estimate of drug-likeness (QED) is 0.539. The fourth-order valence-electron chi connectivity index (χ4n) is 2.34. The molecule has 0 aliphatic rings. The molecule has 8 heteroatoms. The average Bonchev–Trinajstić information content (AvgIpc) is 2.98. The summed E-state index contributed by atoms with van der Waals surface area (Å²) in [6.45, 7) is 3.86. The van der Waals surface area contributed by atoms with Crippen molar-refractivity contribution < 1.29 is 14.3 Å². The summed E-state index contributed by atoms with van der Waals surface area (Å²) in [7, 11) is 0. The monoisotopic (exact) mass is 356 g/mol. The van der Waals surface area contributed by atoms with Gasteiger partial charge in [0, 0.05) is 5.56 Å². The Balaban J connectivity index is 1.87. The van der Waals surface area contributed by atoms with Gasteiger partial charge in [-0.3, -0.25) is 15.6 Å². The summed E-state index contributed by atoms with van der Waals surface area (Å²) < 4.78 is 5.07. The molecule has 0 radical (unpaired) electrons. The van der Waals surface area contributed by atoms with E-state index in [0.29, 0.717) is 33.1 Å². The minimum atomic E-state index is -0.387. The number of carbonyl (C=O) groups excluding carboxylic acids is 2. The lowest BCUT2D eigenvalue weighted by Crippen LogP contribution is -2.29. The van der Waals surface area contributed by atoms with Crippen LogP contribution in [-0.4, -0.2) is 28.5 Å². The summed E-state index contributed by atoms with van der Waals surface area (Å²) >= 11 is 1.24. The summed E-state index contributed by atoms with van der Waals surface area (Å²) in [6, 6.07) is 8.82. The van der Waals surface area contributed by atoms with Crippen molar-refractivity contribution >= 4 is 39.2 Å². The third kappa shape index (κ3) is 3.43. The molecule has 0 spiro atoms. The number of aromatic nitrogens is 2. The Labute approximate surface area is 148 Å². The lowest BCUT2D eigenvalue weighted by molar-refractivity contribution is 0.0531. The molecule has 0 unspecified atom stereocenters. The maximum absolute atomic E-state index is 12.1. The summed E-state index contributed by atoms with van der Waals surface area (Å²) in [4.78, 5) is 33.7. The van der Waals surface area contributed by atoms with E-state index in [4.69, 9.17) is 4.74 Å². The molecule has 1 amide bonds. The van der Waals surface area contributed by atoms with Gasteiger partial charge in [0.05, 0.1) is 12.0 Å². The van der Waals surface area contributed by atoms with E-state index in [0.717, 1.165) is 5.56 Å². The fraction of sp³-hybridized carbons (Fsp3) is 0.176. The number of nitrogens with one attached hydrogen (secondary N) is 2. The number of esters is 1. The van der Waals surface area contributed by atoms with Crippen LogP contribution in [0.25, 0.3) is 10.2 Å². The van der Waals surface area contributed by atoms with E-state index in [-0.39, 0.29) is 11.9 Å². The van der Waals surface area contributed by atoms with Crippen molar-refractivity contribution in [3.05, 3.63) is 52.7 Å².